The van der Waals surface area contributed by atoms with E-state index >= 15 is 0 Å². The molecule has 2 N–H and O–H groups in total. The Bertz CT molecular complexity index is 1240. The second-order valence-electron chi connectivity index (χ2n) is 9.79. The predicted octanol–water partition coefficient (Wildman–Crippen LogP) is 1.71. The number of carbonyl (C=O) groups is 1. The van der Waals surface area contributed by atoms with Gasteiger partial charge < -0.3 is 19.9 Å². The van der Waals surface area contributed by atoms with Gasteiger partial charge in [-0.1, -0.05) is 0 Å². The van der Waals surface area contributed by atoms with E-state index in [4.69, 9.17) is 4.74 Å². The zero-order chi connectivity index (χ0) is 23.8. The number of piperazine rings is 1. The number of aromatic amines is 1. The normalized spacial score (nSPS) is 27.0. The lowest BCUT2D eigenvalue weighted by Crippen LogP contribution is -2.61. The number of nitriles is 1. The van der Waals surface area contributed by atoms with Gasteiger partial charge in [-0.05, 0) is 25.3 Å². The first-order valence-electron chi connectivity index (χ1n) is 12.2. The minimum atomic E-state index is -0.307. The second-order valence-corrected chi connectivity index (χ2v) is 9.79. The van der Waals surface area contributed by atoms with Gasteiger partial charge >= 0.3 is 6.03 Å². The average molecular weight is 476 g/mol. The Balaban J connectivity index is 1.10. The molecule has 0 aromatic carbocycles. The fraction of sp³-hybridized carbons (Fsp3) is 0.542. The molecule has 6 rings (SSSR count). The fourth-order valence-corrected chi connectivity index (χ4v) is 5.65. The molecular formula is C24H29N9O2. The van der Waals surface area contributed by atoms with E-state index in [2.05, 4.69) is 36.3 Å². The van der Waals surface area contributed by atoms with Crippen molar-refractivity contribution in [3.8, 4) is 17.3 Å². The van der Waals surface area contributed by atoms with E-state index in [0.29, 0.717) is 32.2 Å². The minimum Gasteiger partial charge on any atom is -0.379 e. The lowest BCUT2D eigenvalue weighted by atomic mass is 9.70. The molecule has 1 saturated carbocycles. The molecule has 2 saturated heterocycles. The number of nitrogens with one attached hydrogen (secondary N) is 2. The van der Waals surface area contributed by atoms with Gasteiger partial charge in [-0.2, -0.15) is 10.4 Å². The van der Waals surface area contributed by atoms with Gasteiger partial charge in [0.1, 0.15) is 12.0 Å². The molecule has 0 radical (unpaired) electrons. The van der Waals surface area contributed by atoms with Crippen LogP contribution >= 0.6 is 0 Å². The molecule has 11 nitrogen and oxygen atoms in total. The van der Waals surface area contributed by atoms with Crippen LogP contribution in [0.4, 0.5) is 4.79 Å². The molecule has 2 aliphatic heterocycles. The third-order valence-corrected chi connectivity index (χ3v) is 7.71. The van der Waals surface area contributed by atoms with E-state index in [9.17, 15) is 10.1 Å². The monoisotopic (exact) mass is 475 g/mol. The Morgan fingerprint density at radius 2 is 2.14 bits per heavy atom. The smallest absolute Gasteiger partial charge is 0.317 e. The molecule has 182 valence electrons. The number of amides is 2. The van der Waals surface area contributed by atoms with Crippen molar-refractivity contribution >= 4 is 17.1 Å². The first kappa shape index (κ1) is 22.0. The van der Waals surface area contributed by atoms with Crippen LogP contribution in [0.5, 0.6) is 0 Å². The molecule has 0 spiro atoms. The molecule has 3 aliphatic rings. The second kappa shape index (κ2) is 8.94. The van der Waals surface area contributed by atoms with Crippen LogP contribution in [-0.2, 0) is 10.3 Å². The van der Waals surface area contributed by atoms with Crippen LogP contribution in [0.25, 0.3) is 22.3 Å². The number of hydrogen-bond donors (Lipinski definition) is 2. The van der Waals surface area contributed by atoms with Gasteiger partial charge in [0.2, 0.25) is 0 Å². The summed E-state index contributed by atoms with van der Waals surface area (Å²) in [5, 5.41) is 18.3. The highest BCUT2D eigenvalue weighted by atomic mass is 16.5. The van der Waals surface area contributed by atoms with Crippen molar-refractivity contribution in [2.75, 3.05) is 39.4 Å². The van der Waals surface area contributed by atoms with Gasteiger partial charge in [0, 0.05) is 62.2 Å². The van der Waals surface area contributed by atoms with Crippen molar-refractivity contribution in [2.24, 2.45) is 0 Å². The maximum absolute atomic E-state index is 12.6. The molecule has 1 aliphatic carbocycles. The van der Waals surface area contributed by atoms with Crippen molar-refractivity contribution in [1.29, 1.82) is 5.26 Å². The number of nitrogens with zero attached hydrogens (tertiary/aromatic N) is 7. The summed E-state index contributed by atoms with van der Waals surface area (Å²) >= 11 is 0. The third-order valence-electron chi connectivity index (χ3n) is 7.71. The first-order valence-corrected chi connectivity index (χ1v) is 12.2. The Hall–Kier alpha value is -3.49. The molecule has 11 heteroatoms. The van der Waals surface area contributed by atoms with E-state index in [1.807, 2.05) is 34.2 Å². The summed E-state index contributed by atoms with van der Waals surface area (Å²) in [5.74, 6) is 0. The zero-order valence-corrected chi connectivity index (χ0v) is 19.6. The Morgan fingerprint density at radius 1 is 1.29 bits per heavy atom. The maximum Gasteiger partial charge on any atom is 0.317 e. The summed E-state index contributed by atoms with van der Waals surface area (Å²) < 4.78 is 7.32. The SMILES string of the molecule is N#CC[C@]1(n2cc(-c3ncnc4[nH]ccc34)cn2)C[C@H](N2CCN(C(=O)N[C@@H]3CCOC3)CC2)C1. The summed E-state index contributed by atoms with van der Waals surface area (Å²) in [6.07, 6.45) is 10.3. The van der Waals surface area contributed by atoms with E-state index in [-0.39, 0.29) is 17.6 Å². The summed E-state index contributed by atoms with van der Waals surface area (Å²) in [7, 11) is 0. The Kier molecular flexibility index (Phi) is 5.62. The molecular weight excluding hydrogens is 446 g/mol. The van der Waals surface area contributed by atoms with Crippen molar-refractivity contribution in [3.05, 3.63) is 31.0 Å². The summed E-state index contributed by atoms with van der Waals surface area (Å²) in [6, 6.07) is 4.88. The third kappa shape index (κ3) is 4.02. The Labute approximate surface area is 203 Å². The molecule has 35 heavy (non-hydrogen) atoms. The van der Waals surface area contributed by atoms with Crippen LogP contribution in [0, 0.1) is 11.3 Å². The largest absolute Gasteiger partial charge is 0.379 e. The van der Waals surface area contributed by atoms with Crippen LogP contribution in [0.3, 0.4) is 0 Å². The predicted molar refractivity (Wildman–Crippen MR) is 127 cm³/mol. The minimum absolute atomic E-state index is 0.0120. The van der Waals surface area contributed by atoms with Crippen molar-refractivity contribution in [2.45, 2.75) is 43.3 Å². The zero-order valence-electron chi connectivity index (χ0n) is 19.6. The van der Waals surface area contributed by atoms with Gasteiger partial charge in [-0.25, -0.2) is 14.8 Å². The highest BCUT2D eigenvalue weighted by Gasteiger charge is 2.49. The summed E-state index contributed by atoms with van der Waals surface area (Å²) in [4.78, 5) is 28.8. The van der Waals surface area contributed by atoms with Crippen LogP contribution in [-0.4, -0.2) is 92.0 Å². The maximum atomic E-state index is 12.6. The van der Waals surface area contributed by atoms with Crippen LogP contribution in [0.15, 0.2) is 31.0 Å². The van der Waals surface area contributed by atoms with E-state index in [1.54, 1.807) is 6.33 Å². The van der Waals surface area contributed by atoms with E-state index in [1.165, 1.54) is 0 Å². The number of fused-ring (bicyclic) bond motifs is 1. The molecule has 0 unspecified atom stereocenters. The van der Waals surface area contributed by atoms with Gasteiger partial charge in [0.25, 0.3) is 0 Å². The lowest BCUT2D eigenvalue weighted by Gasteiger charge is -2.52. The van der Waals surface area contributed by atoms with Crippen molar-refractivity contribution in [1.82, 2.24) is 39.8 Å². The lowest BCUT2D eigenvalue weighted by molar-refractivity contribution is -0.0130. The Morgan fingerprint density at radius 3 is 2.91 bits per heavy atom. The average Bonchev–Trinajstić information content (AvgIpc) is 3.63. The number of hydrogen-bond acceptors (Lipinski definition) is 7. The van der Waals surface area contributed by atoms with E-state index in [0.717, 1.165) is 61.2 Å². The van der Waals surface area contributed by atoms with E-state index < -0.39 is 0 Å². The fourth-order valence-electron chi connectivity index (χ4n) is 5.65. The number of ether oxygens (including phenoxy) is 1. The van der Waals surface area contributed by atoms with Crippen LogP contribution in [0.1, 0.15) is 25.7 Å². The number of carbonyl (C=O) groups excluding carboxylic acids is 1. The highest BCUT2D eigenvalue weighted by molar-refractivity contribution is 5.90. The molecule has 3 fully saturated rings. The molecule has 3 aromatic heterocycles. The van der Waals surface area contributed by atoms with Crippen LogP contribution in [0.2, 0.25) is 0 Å². The van der Waals surface area contributed by atoms with Gasteiger partial charge in [0.05, 0.1) is 42.6 Å². The highest BCUT2D eigenvalue weighted by Crippen LogP contribution is 2.45. The number of urea groups is 1. The van der Waals surface area contributed by atoms with Gasteiger partial charge in [-0.3, -0.25) is 9.58 Å². The quantitative estimate of drug-likeness (QED) is 0.575. The van der Waals surface area contributed by atoms with Crippen LogP contribution < -0.4 is 5.32 Å². The molecule has 3 aromatic rings. The first-order chi connectivity index (χ1) is 17.1. The molecule has 1 atom stereocenters. The standard InChI is InChI=1S/C24H29N9O2/c25-4-3-24(33-14-17(13-29-33)21-20-1-5-26-22(20)28-16-27-21)11-19(12-24)31-6-8-32(9-7-31)23(34)30-18-2-10-35-15-18/h1,5,13-14,16,18-19H,2-3,6-12,15H2,(H,30,34)(H,26,27,28)/t18-,19-,24-/m1/s1. The summed E-state index contributed by atoms with van der Waals surface area (Å²) in [5.41, 5.74) is 2.25. The van der Waals surface area contributed by atoms with Gasteiger partial charge in [-0.15, -0.1) is 0 Å². The number of aromatic nitrogens is 5. The van der Waals surface area contributed by atoms with Gasteiger partial charge in [0.15, 0.2) is 0 Å². The van der Waals surface area contributed by atoms with Crippen molar-refractivity contribution < 1.29 is 9.53 Å². The summed E-state index contributed by atoms with van der Waals surface area (Å²) in [6.45, 7) is 4.45. The molecule has 2 amide bonds. The topological polar surface area (TPSA) is 128 Å². The van der Waals surface area contributed by atoms with Crippen molar-refractivity contribution in [3.63, 3.8) is 0 Å². The number of H-pyrrole nitrogens is 1. The molecule has 5 heterocycles. The molecule has 0 bridgehead atoms. The number of rotatable bonds is 5.